The monoisotopic (exact) mass is 502 g/mol. The van der Waals surface area contributed by atoms with Gasteiger partial charge in [-0.25, -0.2) is 8.42 Å². The van der Waals surface area contributed by atoms with Gasteiger partial charge in [0, 0.05) is 30.8 Å². The Labute approximate surface area is 205 Å². The van der Waals surface area contributed by atoms with E-state index in [-0.39, 0.29) is 11.0 Å². The van der Waals surface area contributed by atoms with Gasteiger partial charge >= 0.3 is 0 Å². The van der Waals surface area contributed by atoms with E-state index in [1.807, 2.05) is 37.4 Å². The van der Waals surface area contributed by atoms with E-state index in [1.165, 1.54) is 20.3 Å². The van der Waals surface area contributed by atoms with E-state index in [0.717, 1.165) is 25.1 Å². The molecule has 3 aromatic carbocycles. The zero-order valence-corrected chi connectivity index (χ0v) is 20.8. The molecule has 3 aromatic rings. The lowest BCUT2D eigenvalue weighted by atomic mass is 10.1. The van der Waals surface area contributed by atoms with Gasteiger partial charge < -0.3 is 19.1 Å². The van der Waals surface area contributed by atoms with Crippen molar-refractivity contribution in [3.05, 3.63) is 65.7 Å². The topological polar surface area (TPSA) is 77.1 Å². The molecule has 0 bridgehead atoms. The summed E-state index contributed by atoms with van der Waals surface area (Å²) >= 11 is 6.33. The van der Waals surface area contributed by atoms with Crippen LogP contribution in [0.5, 0.6) is 17.2 Å². The summed E-state index contributed by atoms with van der Waals surface area (Å²) in [5, 5.41) is 0.425. The summed E-state index contributed by atoms with van der Waals surface area (Å²) in [5.41, 5.74) is 1.57. The Bertz CT molecular complexity index is 1270. The standard InChI is InChI=1S/C25H27ClN2O5S/c1-28-12-11-19(16-28)33-22-13-18(9-10-21(22)26)27-34(29,30)25-15-24(32-3)23(31-2)14-20(25)17-7-5-4-6-8-17/h4-10,13-15,19,27H,11-12,16H2,1-3H3/t19-/m1/s1. The van der Waals surface area contributed by atoms with E-state index in [2.05, 4.69) is 9.62 Å². The molecule has 0 unspecified atom stereocenters. The minimum absolute atomic E-state index is 0.00453. The van der Waals surface area contributed by atoms with Gasteiger partial charge in [-0.2, -0.15) is 0 Å². The van der Waals surface area contributed by atoms with Gasteiger partial charge in [-0.15, -0.1) is 0 Å². The van der Waals surface area contributed by atoms with Gasteiger partial charge in [0.1, 0.15) is 11.9 Å². The number of sulfonamides is 1. The Morgan fingerprint density at radius 2 is 1.68 bits per heavy atom. The Kier molecular flexibility index (Phi) is 7.21. The molecule has 34 heavy (non-hydrogen) atoms. The Morgan fingerprint density at radius 1 is 0.971 bits per heavy atom. The molecule has 0 saturated carbocycles. The van der Waals surface area contributed by atoms with Gasteiger partial charge in [-0.3, -0.25) is 4.72 Å². The van der Waals surface area contributed by atoms with Crippen LogP contribution in [0.3, 0.4) is 0 Å². The van der Waals surface area contributed by atoms with E-state index >= 15 is 0 Å². The second-order valence-electron chi connectivity index (χ2n) is 8.11. The summed E-state index contributed by atoms with van der Waals surface area (Å²) in [7, 11) is 0.999. The fourth-order valence-electron chi connectivity index (χ4n) is 3.96. The molecule has 1 fully saturated rings. The van der Waals surface area contributed by atoms with Crippen molar-refractivity contribution in [2.24, 2.45) is 0 Å². The highest BCUT2D eigenvalue weighted by Gasteiger charge is 2.25. The number of rotatable bonds is 8. The summed E-state index contributed by atoms with van der Waals surface area (Å²) in [6.07, 6.45) is 0.888. The molecule has 180 valence electrons. The molecule has 0 spiro atoms. The number of benzene rings is 3. The first kappa shape index (κ1) is 24.2. The summed E-state index contributed by atoms with van der Waals surface area (Å²) < 4.78 is 46.6. The number of ether oxygens (including phenoxy) is 3. The van der Waals surface area contributed by atoms with E-state index in [4.69, 9.17) is 25.8 Å². The third-order valence-corrected chi connectivity index (χ3v) is 7.42. The summed E-state index contributed by atoms with van der Waals surface area (Å²) in [5.74, 6) is 1.19. The summed E-state index contributed by atoms with van der Waals surface area (Å²) in [6.45, 7) is 1.73. The highest BCUT2D eigenvalue weighted by atomic mass is 35.5. The molecule has 1 N–H and O–H groups in total. The highest BCUT2D eigenvalue weighted by molar-refractivity contribution is 7.92. The molecule has 0 aromatic heterocycles. The van der Waals surface area contributed by atoms with E-state index in [9.17, 15) is 8.42 Å². The van der Waals surface area contributed by atoms with Crippen molar-refractivity contribution in [3.8, 4) is 28.4 Å². The normalized spacial score (nSPS) is 16.3. The lowest BCUT2D eigenvalue weighted by molar-refractivity contribution is 0.208. The largest absolute Gasteiger partial charge is 0.493 e. The number of nitrogens with one attached hydrogen (secondary N) is 1. The molecule has 0 radical (unpaired) electrons. The third kappa shape index (κ3) is 5.24. The van der Waals surface area contributed by atoms with Gasteiger partial charge in [0.05, 0.1) is 29.8 Å². The number of likely N-dealkylation sites (tertiary alicyclic amines) is 1. The van der Waals surface area contributed by atoms with Gasteiger partial charge in [0.2, 0.25) is 0 Å². The minimum atomic E-state index is -4.01. The van der Waals surface area contributed by atoms with Crippen LogP contribution in [0, 0.1) is 0 Å². The molecule has 0 aliphatic carbocycles. The smallest absolute Gasteiger partial charge is 0.262 e. The van der Waals surface area contributed by atoms with Crippen molar-refractivity contribution in [2.45, 2.75) is 17.4 Å². The first-order chi connectivity index (χ1) is 16.3. The van der Waals surface area contributed by atoms with Gasteiger partial charge in [-0.1, -0.05) is 41.9 Å². The van der Waals surface area contributed by atoms with Crippen LogP contribution in [0.15, 0.2) is 65.6 Å². The third-order valence-electron chi connectivity index (χ3n) is 5.69. The lowest BCUT2D eigenvalue weighted by Gasteiger charge is -2.18. The van der Waals surface area contributed by atoms with Crippen molar-refractivity contribution in [1.29, 1.82) is 0 Å². The minimum Gasteiger partial charge on any atom is -0.493 e. The molecule has 1 aliphatic rings. The van der Waals surface area contributed by atoms with E-state index < -0.39 is 10.0 Å². The first-order valence-corrected chi connectivity index (χ1v) is 12.7. The van der Waals surface area contributed by atoms with E-state index in [0.29, 0.717) is 33.5 Å². The maximum Gasteiger partial charge on any atom is 0.262 e. The van der Waals surface area contributed by atoms with Gasteiger partial charge in [0.25, 0.3) is 10.0 Å². The zero-order valence-electron chi connectivity index (χ0n) is 19.2. The maximum atomic E-state index is 13.6. The van der Waals surface area contributed by atoms with Crippen molar-refractivity contribution in [3.63, 3.8) is 0 Å². The average Bonchev–Trinajstić information content (AvgIpc) is 3.25. The van der Waals surface area contributed by atoms with Crippen LogP contribution in [0.4, 0.5) is 5.69 Å². The predicted molar refractivity (Wildman–Crippen MR) is 134 cm³/mol. The fraction of sp³-hybridized carbons (Fsp3) is 0.280. The van der Waals surface area contributed by atoms with Crippen molar-refractivity contribution in [2.75, 3.05) is 39.1 Å². The predicted octanol–water partition coefficient (Wildman–Crippen LogP) is 4.91. The van der Waals surface area contributed by atoms with Gasteiger partial charge in [-0.05, 0) is 37.2 Å². The number of hydrogen-bond donors (Lipinski definition) is 1. The number of likely N-dealkylation sites (N-methyl/N-ethyl adjacent to an activating group) is 1. The Balaban J connectivity index is 1.70. The molecule has 1 atom stereocenters. The van der Waals surface area contributed by atoms with Crippen LogP contribution in [0.2, 0.25) is 5.02 Å². The number of anilines is 1. The average molecular weight is 503 g/mol. The number of methoxy groups -OCH3 is 2. The van der Waals surface area contributed by atoms with E-state index in [1.54, 1.807) is 24.3 Å². The van der Waals surface area contributed by atoms with Crippen molar-refractivity contribution in [1.82, 2.24) is 4.90 Å². The number of nitrogens with zero attached hydrogens (tertiary/aromatic N) is 1. The zero-order chi connectivity index (χ0) is 24.3. The quantitative estimate of drug-likeness (QED) is 0.471. The molecular formula is C25H27ClN2O5S. The van der Waals surface area contributed by atoms with Crippen LogP contribution in [0.1, 0.15) is 6.42 Å². The molecule has 9 heteroatoms. The van der Waals surface area contributed by atoms with Crippen LogP contribution < -0.4 is 18.9 Å². The Morgan fingerprint density at radius 3 is 2.32 bits per heavy atom. The molecular weight excluding hydrogens is 476 g/mol. The van der Waals surface area contributed by atoms with Crippen LogP contribution in [-0.4, -0.2) is 53.8 Å². The fourth-order valence-corrected chi connectivity index (χ4v) is 5.40. The molecule has 1 heterocycles. The molecule has 7 nitrogen and oxygen atoms in total. The highest BCUT2D eigenvalue weighted by Crippen LogP contribution is 2.39. The summed E-state index contributed by atoms with van der Waals surface area (Å²) in [6, 6.07) is 17.2. The molecule has 1 saturated heterocycles. The maximum absolute atomic E-state index is 13.6. The number of halogens is 1. The van der Waals surface area contributed by atoms with Crippen molar-refractivity contribution < 1.29 is 22.6 Å². The number of hydrogen-bond acceptors (Lipinski definition) is 6. The van der Waals surface area contributed by atoms with Gasteiger partial charge in [0.15, 0.2) is 11.5 Å². The van der Waals surface area contributed by atoms with Crippen LogP contribution >= 0.6 is 11.6 Å². The second kappa shape index (κ2) is 10.1. The van der Waals surface area contributed by atoms with Crippen molar-refractivity contribution >= 4 is 27.3 Å². The second-order valence-corrected chi connectivity index (χ2v) is 10.2. The SMILES string of the molecule is COc1cc(-c2ccccc2)c(S(=O)(=O)Nc2ccc(Cl)c(O[C@@H]3CCN(C)C3)c2)cc1OC. The molecule has 4 rings (SSSR count). The first-order valence-electron chi connectivity index (χ1n) is 10.8. The van der Waals surface area contributed by atoms with Crippen LogP contribution in [0.25, 0.3) is 11.1 Å². The molecule has 0 amide bonds. The summed E-state index contributed by atoms with van der Waals surface area (Å²) in [4.78, 5) is 2.24. The van der Waals surface area contributed by atoms with Crippen LogP contribution in [-0.2, 0) is 10.0 Å². The molecule has 1 aliphatic heterocycles. The lowest BCUT2D eigenvalue weighted by Crippen LogP contribution is -2.21. The Hall–Kier alpha value is -2.94.